The van der Waals surface area contributed by atoms with Gasteiger partial charge in [-0.15, -0.1) is 0 Å². The highest BCUT2D eigenvalue weighted by atomic mass is 32.2. The Balaban J connectivity index is 1.28. The molecule has 48 heavy (non-hydrogen) atoms. The largest absolute Gasteiger partial charge is 0.228 e. The monoisotopic (exact) mass is 665 g/mol. The van der Waals surface area contributed by atoms with Gasteiger partial charge >= 0.3 is 0 Å². The van der Waals surface area contributed by atoms with E-state index in [1.807, 2.05) is 109 Å². The first-order valence-electron chi connectivity index (χ1n) is 15.6. The molecule has 12 bridgehead atoms. The summed E-state index contributed by atoms with van der Waals surface area (Å²) in [7, 11) is -6.89. The van der Waals surface area contributed by atoms with E-state index < -0.39 is 19.7 Å². The molecule has 0 fully saturated rings. The molecule has 0 aromatic heterocycles. The predicted molar refractivity (Wildman–Crippen MR) is 192 cm³/mol. The van der Waals surface area contributed by atoms with Crippen LogP contribution in [0.1, 0.15) is 27.8 Å². The van der Waals surface area contributed by atoms with Gasteiger partial charge in [-0.25, -0.2) is 16.8 Å². The van der Waals surface area contributed by atoms with E-state index in [2.05, 4.69) is 12.1 Å². The van der Waals surface area contributed by atoms with E-state index in [0.29, 0.717) is 27.8 Å². The maximum Gasteiger partial charge on any atom is 0.158 e. The summed E-state index contributed by atoms with van der Waals surface area (Å²) in [6.45, 7) is 0. The van der Waals surface area contributed by atoms with Crippen molar-refractivity contribution in [2.75, 3.05) is 0 Å². The molecule has 7 heteroatoms. The van der Waals surface area contributed by atoms with Crippen molar-refractivity contribution in [1.82, 2.24) is 0 Å². The summed E-state index contributed by atoms with van der Waals surface area (Å²) in [6.07, 6.45) is 0. The number of sulfone groups is 2. The van der Waals surface area contributed by atoms with Crippen molar-refractivity contribution >= 4 is 19.7 Å². The molecule has 0 unspecified atom stereocenters. The summed E-state index contributed by atoms with van der Waals surface area (Å²) in [5, 5.41) is 10.2. The lowest BCUT2D eigenvalue weighted by Crippen LogP contribution is -2.07. The third-order valence-electron chi connectivity index (χ3n) is 8.69. The summed E-state index contributed by atoms with van der Waals surface area (Å²) in [5.74, 6) is -0.334. The number of nitriles is 1. The summed E-state index contributed by atoms with van der Waals surface area (Å²) in [4.78, 5) is 0. The molecule has 7 aliphatic rings. The van der Waals surface area contributed by atoms with E-state index in [1.54, 1.807) is 24.3 Å². The quantitative estimate of drug-likeness (QED) is 0.162. The normalized spacial score (nSPS) is 15.0. The summed E-state index contributed by atoms with van der Waals surface area (Å²) in [6, 6.07) is 45.9. The third kappa shape index (κ3) is 6.86. The van der Waals surface area contributed by atoms with Crippen molar-refractivity contribution in [3.05, 3.63) is 167 Å². The standard InChI is InChI=1S/C41H31NO4S2/c42-24-41-39-5-2-6-40(41)36-21-13-32(14-22-36)28-48(45,46)26-30-9-17-34(18-10-30)38-4-1-3-37(23-38)33-15-7-29(8-16-33)25-47(43,44)27-31-11-19-35(39)20-12-31/h1-23H,25-28H2. The Morgan fingerprint density at radius 1 is 0.396 bits per heavy atom. The molecule has 0 N–H and O–H groups in total. The van der Waals surface area contributed by atoms with Crippen LogP contribution in [0.15, 0.2) is 140 Å². The first kappa shape index (κ1) is 31.3. The van der Waals surface area contributed by atoms with Crippen LogP contribution in [0.4, 0.5) is 0 Å². The Morgan fingerprint density at radius 2 is 0.708 bits per heavy atom. The maximum absolute atomic E-state index is 13.2. The fraction of sp³-hybridized carbons (Fsp3) is 0.0976. The molecule has 13 rings (SSSR count). The maximum atomic E-state index is 13.2. The fourth-order valence-electron chi connectivity index (χ4n) is 6.30. The summed E-state index contributed by atoms with van der Waals surface area (Å²) in [5.41, 5.74) is 10.3. The SMILES string of the molecule is N#Cc1c2cccc1-c1ccc(cc1)CS(=O)(=O)Cc1ccc(cc1)-c1cccc(c1)-c1ccc(cc1)CS(=O)(=O)Cc1ccc-2cc1. The molecule has 0 amide bonds. The topological polar surface area (TPSA) is 92.1 Å². The van der Waals surface area contributed by atoms with Gasteiger partial charge in [0.1, 0.15) is 6.07 Å². The lowest BCUT2D eigenvalue weighted by molar-refractivity contribution is 0.592. The average molecular weight is 666 g/mol. The molecule has 7 heterocycles. The number of hydrogen-bond acceptors (Lipinski definition) is 5. The lowest BCUT2D eigenvalue weighted by Gasteiger charge is -2.12. The molecule has 0 atom stereocenters. The summed E-state index contributed by atoms with van der Waals surface area (Å²) < 4.78 is 52.9. The Kier molecular flexibility index (Phi) is 8.30. The number of rotatable bonds is 0. The van der Waals surface area contributed by atoms with E-state index in [4.69, 9.17) is 0 Å². The first-order valence-corrected chi connectivity index (χ1v) is 19.2. The van der Waals surface area contributed by atoms with Crippen LogP contribution >= 0.6 is 0 Å². The van der Waals surface area contributed by atoms with Gasteiger partial charge in [0.05, 0.1) is 28.6 Å². The Hall–Kier alpha value is -5.29. The van der Waals surface area contributed by atoms with Crippen LogP contribution in [0.5, 0.6) is 0 Å². The average Bonchev–Trinajstić information content (AvgIpc) is 3.08. The van der Waals surface area contributed by atoms with Crippen LogP contribution in [0.3, 0.4) is 0 Å². The minimum atomic E-state index is -3.44. The highest BCUT2D eigenvalue weighted by Gasteiger charge is 2.17. The van der Waals surface area contributed by atoms with Gasteiger partial charge in [-0.3, -0.25) is 0 Å². The Labute approximate surface area is 281 Å². The molecule has 6 aromatic rings. The highest BCUT2D eigenvalue weighted by molar-refractivity contribution is 7.90. The van der Waals surface area contributed by atoms with Crippen LogP contribution in [-0.2, 0) is 42.7 Å². The molecule has 0 saturated heterocycles. The van der Waals surface area contributed by atoms with E-state index >= 15 is 0 Å². The molecule has 6 aromatic carbocycles. The number of nitrogens with zero attached hydrogens (tertiary/aromatic N) is 1. The van der Waals surface area contributed by atoms with Crippen LogP contribution < -0.4 is 0 Å². The molecule has 0 radical (unpaired) electrons. The van der Waals surface area contributed by atoms with Crippen LogP contribution in [-0.4, -0.2) is 16.8 Å². The van der Waals surface area contributed by atoms with Gasteiger partial charge in [0.15, 0.2) is 19.7 Å². The van der Waals surface area contributed by atoms with Crippen molar-refractivity contribution in [1.29, 1.82) is 5.26 Å². The smallest absolute Gasteiger partial charge is 0.158 e. The zero-order valence-electron chi connectivity index (χ0n) is 26.0. The van der Waals surface area contributed by atoms with Gasteiger partial charge in [0.25, 0.3) is 0 Å². The van der Waals surface area contributed by atoms with Gasteiger partial charge in [0.2, 0.25) is 0 Å². The van der Waals surface area contributed by atoms with Gasteiger partial charge in [-0.2, -0.15) is 5.26 Å². The highest BCUT2D eigenvalue weighted by Crippen LogP contribution is 2.33. The molecule has 0 aliphatic carbocycles. The lowest BCUT2D eigenvalue weighted by atomic mass is 9.92. The van der Waals surface area contributed by atoms with Gasteiger partial charge in [0, 0.05) is 11.1 Å². The zero-order chi connectivity index (χ0) is 33.3. The number of hydrogen-bond donors (Lipinski definition) is 0. The second-order valence-corrected chi connectivity index (χ2v) is 16.4. The minimum absolute atomic E-state index is 0.0729. The summed E-state index contributed by atoms with van der Waals surface area (Å²) >= 11 is 0. The zero-order valence-corrected chi connectivity index (χ0v) is 27.6. The van der Waals surface area contributed by atoms with Crippen molar-refractivity contribution in [3.63, 3.8) is 0 Å². The van der Waals surface area contributed by atoms with E-state index in [1.165, 1.54) is 0 Å². The van der Waals surface area contributed by atoms with Crippen LogP contribution in [0, 0.1) is 11.3 Å². The molecule has 7 aliphatic heterocycles. The van der Waals surface area contributed by atoms with Gasteiger partial charge < -0.3 is 0 Å². The van der Waals surface area contributed by atoms with Crippen LogP contribution in [0.25, 0.3) is 44.5 Å². The number of benzene rings is 6. The van der Waals surface area contributed by atoms with Crippen molar-refractivity contribution in [2.24, 2.45) is 0 Å². The Morgan fingerprint density at radius 3 is 1.04 bits per heavy atom. The second kappa shape index (κ2) is 12.7. The molecule has 236 valence electrons. The van der Waals surface area contributed by atoms with Crippen molar-refractivity contribution in [2.45, 2.75) is 23.0 Å². The molecule has 0 saturated carbocycles. The molecule has 0 spiro atoms. The van der Waals surface area contributed by atoms with Crippen LogP contribution in [0.2, 0.25) is 0 Å². The third-order valence-corrected chi connectivity index (χ3v) is 11.8. The second-order valence-electron chi connectivity index (χ2n) is 12.3. The Bertz CT molecular complexity index is 2230. The fourth-order valence-corrected chi connectivity index (χ4v) is 9.30. The molecule has 5 nitrogen and oxygen atoms in total. The van der Waals surface area contributed by atoms with E-state index in [-0.39, 0.29) is 23.0 Å². The van der Waals surface area contributed by atoms with E-state index in [0.717, 1.165) is 44.5 Å². The van der Waals surface area contributed by atoms with E-state index in [9.17, 15) is 22.1 Å². The molecular formula is C41H31NO4S2. The molecular weight excluding hydrogens is 635 g/mol. The van der Waals surface area contributed by atoms with Crippen molar-refractivity contribution < 1.29 is 16.8 Å². The van der Waals surface area contributed by atoms with Gasteiger partial charge in [-0.1, -0.05) is 133 Å². The first-order chi connectivity index (χ1) is 23.1. The van der Waals surface area contributed by atoms with Gasteiger partial charge in [-0.05, 0) is 61.7 Å². The minimum Gasteiger partial charge on any atom is -0.228 e. The predicted octanol–water partition coefficient (Wildman–Crippen LogP) is 8.77. The van der Waals surface area contributed by atoms with Crippen molar-refractivity contribution in [3.8, 4) is 50.6 Å².